The molecule has 94 valence electrons. The minimum Gasteiger partial charge on any atom is -0.353 e. The normalized spacial score (nSPS) is 22.5. The number of carbonyl (C=O) groups is 2. The van der Waals surface area contributed by atoms with Crippen LogP contribution in [0.5, 0.6) is 0 Å². The Hall–Kier alpha value is -1.64. The number of carbonyl (C=O) groups excluding carboxylic acids is 2. The second-order valence-corrected chi connectivity index (χ2v) is 5.47. The Bertz CT molecular complexity index is 517. The van der Waals surface area contributed by atoms with E-state index < -0.39 is 0 Å². The molecule has 1 N–H and O–H groups in total. The van der Waals surface area contributed by atoms with Gasteiger partial charge in [0.15, 0.2) is 5.78 Å². The lowest BCUT2D eigenvalue weighted by atomic mass is 9.82. The van der Waals surface area contributed by atoms with Crippen LogP contribution in [0.25, 0.3) is 0 Å². The Kier molecular flexibility index (Phi) is 2.69. The van der Waals surface area contributed by atoms with Crippen molar-refractivity contribution in [1.82, 2.24) is 5.32 Å². The molecule has 1 saturated carbocycles. The van der Waals surface area contributed by atoms with E-state index >= 15 is 0 Å². The molecular weight excluding hydrogens is 226 g/mol. The Morgan fingerprint density at radius 1 is 1.28 bits per heavy atom. The standard InChI is InChI=1S/C15H17NO2/c1-9-2-3-10-7-11(8-14(17)13(10)6-9)15(18)16-12-4-5-12/h2-3,6,11-12H,4-5,7-8H2,1H3,(H,16,18). The van der Waals surface area contributed by atoms with Crippen molar-refractivity contribution in [3.8, 4) is 0 Å². The summed E-state index contributed by atoms with van der Waals surface area (Å²) in [5, 5.41) is 3.00. The smallest absolute Gasteiger partial charge is 0.224 e. The second kappa shape index (κ2) is 4.23. The van der Waals surface area contributed by atoms with Crippen molar-refractivity contribution in [2.24, 2.45) is 5.92 Å². The van der Waals surface area contributed by atoms with Gasteiger partial charge in [-0.05, 0) is 37.8 Å². The number of fused-ring (bicyclic) bond motifs is 1. The van der Waals surface area contributed by atoms with E-state index in [-0.39, 0.29) is 17.6 Å². The molecule has 3 heteroatoms. The zero-order chi connectivity index (χ0) is 12.7. The first-order chi connectivity index (χ1) is 8.63. The molecule has 0 spiro atoms. The highest BCUT2D eigenvalue weighted by Crippen LogP contribution is 2.28. The third kappa shape index (κ3) is 2.17. The first-order valence-electron chi connectivity index (χ1n) is 6.56. The Balaban J connectivity index is 1.80. The van der Waals surface area contributed by atoms with Crippen LogP contribution < -0.4 is 5.32 Å². The van der Waals surface area contributed by atoms with E-state index in [1.807, 2.05) is 25.1 Å². The van der Waals surface area contributed by atoms with Gasteiger partial charge >= 0.3 is 0 Å². The quantitative estimate of drug-likeness (QED) is 0.863. The first kappa shape index (κ1) is 11.5. The second-order valence-electron chi connectivity index (χ2n) is 5.47. The van der Waals surface area contributed by atoms with Crippen molar-refractivity contribution in [1.29, 1.82) is 0 Å². The molecule has 1 unspecified atom stereocenters. The van der Waals surface area contributed by atoms with Crippen molar-refractivity contribution in [2.45, 2.75) is 38.6 Å². The fourth-order valence-corrected chi connectivity index (χ4v) is 2.53. The van der Waals surface area contributed by atoms with Crippen molar-refractivity contribution in [3.63, 3.8) is 0 Å². The summed E-state index contributed by atoms with van der Waals surface area (Å²) < 4.78 is 0. The number of hydrogen-bond acceptors (Lipinski definition) is 2. The summed E-state index contributed by atoms with van der Waals surface area (Å²) in [6.45, 7) is 1.99. The molecule has 1 atom stereocenters. The van der Waals surface area contributed by atoms with Crippen LogP contribution in [0.1, 0.15) is 40.7 Å². The molecular formula is C15H17NO2. The molecule has 1 amide bonds. The lowest BCUT2D eigenvalue weighted by Gasteiger charge is -2.23. The molecule has 0 radical (unpaired) electrons. The molecule has 0 heterocycles. The van der Waals surface area contributed by atoms with Crippen LogP contribution in [0.4, 0.5) is 0 Å². The van der Waals surface area contributed by atoms with Crippen LogP contribution in [0.2, 0.25) is 0 Å². The highest BCUT2D eigenvalue weighted by Gasteiger charge is 2.32. The number of aryl methyl sites for hydroxylation is 1. The fraction of sp³-hybridized carbons (Fsp3) is 0.467. The number of nitrogens with one attached hydrogen (secondary N) is 1. The van der Waals surface area contributed by atoms with Gasteiger partial charge in [0, 0.05) is 23.9 Å². The number of benzene rings is 1. The van der Waals surface area contributed by atoms with Gasteiger partial charge in [0.1, 0.15) is 0 Å². The summed E-state index contributed by atoms with van der Waals surface area (Å²) in [4.78, 5) is 24.1. The van der Waals surface area contributed by atoms with E-state index in [0.29, 0.717) is 18.9 Å². The molecule has 3 nitrogen and oxygen atoms in total. The van der Waals surface area contributed by atoms with Crippen LogP contribution in [0, 0.1) is 12.8 Å². The molecule has 0 saturated heterocycles. The SMILES string of the molecule is Cc1ccc2c(c1)C(=O)CC(C(=O)NC1CC1)C2. The number of amides is 1. The highest BCUT2D eigenvalue weighted by molar-refractivity contribution is 6.01. The van der Waals surface area contributed by atoms with E-state index in [9.17, 15) is 9.59 Å². The average Bonchev–Trinajstić information content (AvgIpc) is 3.13. The largest absolute Gasteiger partial charge is 0.353 e. The summed E-state index contributed by atoms with van der Waals surface area (Å²) in [7, 11) is 0. The summed E-state index contributed by atoms with van der Waals surface area (Å²) in [5.41, 5.74) is 2.93. The van der Waals surface area contributed by atoms with Crippen LogP contribution in [-0.2, 0) is 11.2 Å². The third-order valence-corrected chi connectivity index (χ3v) is 3.76. The Morgan fingerprint density at radius 2 is 2.06 bits per heavy atom. The van der Waals surface area contributed by atoms with Gasteiger partial charge in [0.2, 0.25) is 5.91 Å². The third-order valence-electron chi connectivity index (χ3n) is 3.76. The van der Waals surface area contributed by atoms with Gasteiger partial charge < -0.3 is 5.32 Å². The first-order valence-corrected chi connectivity index (χ1v) is 6.56. The van der Waals surface area contributed by atoms with E-state index in [4.69, 9.17) is 0 Å². The van der Waals surface area contributed by atoms with Gasteiger partial charge in [-0.15, -0.1) is 0 Å². The molecule has 0 aromatic heterocycles. The lowest BCUT2D eigenvalue weighted by molar-refractivity contribution is -0.125. The lowest BCUT2D eigenvalue weighted by Crippen LogP contribution is -2.36. The van der Waals surface area contributed by atoms with Crippen molar-refractivity contribution in [2.75, 3.05) is 0 Å². The van der Waals surface area contributed by atoms with E-state index in [0.717, 1.165) is 29.5 Å². The molecule has 18 heavy (non-hydrogen) atoms. The van der Waals surface area contributed by atoms with E-state index in [1.165, 1.54) is 0 Å². The van der Waals surface area contributed by atoms with Gasteiger partial charge in [-0.2, -0.15) is 0 Å². The average molecular weight is 243 g/mol. The number of ketones is 1. The van der Waals surface area contributed by atoms with Crippen molar-refractivity contribution < 1.29 is 9.59 Å². The summed E-state index contributed by atoms with van der Waals surface area (Å²) in [5.74, 6) is -0.0127. The monoisotopic (exact) mass is 243 g/mol. The van der Waals surface area contributed by atoms with Gasteiger partial charge in [0.05, 0.1) is 0 Å². The molecule has 3 rings (SSSR count). The van der Waals surface area contributed by atoms with Crippen LogP contribution >= 0.6 is 0 Å². The Labute approximate surface area is 107 Å². The zero-order valence-electron chi connectivity index (χ0n) is 10.5. The van der Waals surface area contributed by atoms with Crippen molar-refractivity contribution >= 4 is 11.7 Å². The molecule has 0 aliphatic heterocycles. The summed E-state index contributed by atoms with van der Waals surface area (Å²) >= 11 is 0. The maximum atomic E-state index is 12.1. The van der Waals surface area contributed by atoms with Crippen molar-refractivity contribution in [3.05, 3.63) is 34.9 Å². The minimum absolute atomic E-state index is 0.0528. The molecule has 1 fully saturated rings. The van der Waals surface area contributed by atoms with Gasteiger partial charge in [-0.3, -0.25) is 9.59 Å². The maximum absolute atomic E-state index is 12.1. The predicted molar refractivity (Wildman–Crippen MR) is 68.5 cm³/mol. The number of Topliss-reactive ketones (excluding diaryl/α,β-unsaturated/α-hetero) is 1. The molecule has 1 aromatic rings. The maximum Gasteiger partial charge on any atom is 0.224 e. The van der Waals surface area contributed by atoms with Crippen LogP contribution in [0.3, 0.4) is 0 Å². The molecule has 1 aromatic carbocycles. The predicted octanol–water partition coefficient (Wildman–Crippen LogP) is 2.02. The fourth-order valence-electron chi connectivity index (χ4n) is 2.53. The minimum atomic E-state index is -0.173. The zero-order valence-corrected chi connectivity index (χ0v) is 10.5. The van der Waals surface area contributed by atoms with Gasteiger partial charge in [-0.25, -0.2) is 0 Å². The Morgan fingerprint density at radius 3 is 2.78 bits per heavy atom. The van der Waals surface area contributed by atoms with Crippen LogP contribution in [-0.4, -0.2) is 17.7 Å². The van der Waals surface area contributed by atoms with Gasteiger partial charge in [-0.1, -0.05) is 17.7 Å². The summed E-state index contributed by atoms with van der Waals surface area (Å²) in [6, 6.07) is 6.30. The number of hydrogen-bond donors (Lipinski definition) is 1. The molecule has 2 aliphatic rings. The molecule has 0 bridgehead atoms. The van der Waals surface area contributed by atoms with E-state index in [2.05, 4.69) is 5.32 Å². The summed E-state index contributed by atoms with van der Waals surface area (Å²) in [6.07, 6.45) is 3.22. The van der Waals surface area contributed by atoms with Gasteiger partial charge in [0.25, 0.3) is 0 Å². The highest BCUT2D eigenvalue weighted by atomic mass is 16.2. The topological polar surface area (TPSA) is 46.2 Å². The van der Waals surface area contributed by atoms with E-state index in [1.54, 1.807) is 0 Å². The van der Waals surface area contributed by atoms with Crippen LogP contribution in [0.15, 0.2) is 18.2 Å². The molecule has 2 aliphatic carbocycles. The number of rotatable bonds is 2.